The second-order valence-electron chi connectivity index (χ2n) is 5.37. The first-order chi connectivity index (χ1) is 11.0. The van der Waals surface area contributed by atoms with E-state index in [9.17, 15) is 10.4 Å². The van der Waals surface area contributed by atoms with E-state index in [2.05, 4.69) is 38.9 Å². The van der Waals surface area contributed by atoms with Crippen molar-refractivity contribution in [1.82, 2.24) is 4.90 Å². The molecule has 2 aromatic rings. The van der Waals surface area contributed by atoms with Crippen LogP contribution < -0.4 is 0 Å². The Bertz CT molecular complexity index is 841. The van der Waals surface area contributed by atoms with Crippen molar-refractivity contribution in [2.75, 3.05) is 13.6 Å². The molecule has 0 saturated carbocycles. The standard InChI is InChI=1S/C16H13BrClN3OS/c1-21-3-2-11-12(6-19)16(23-14(11)8-21)20-7-9-4-10(17)5-13(18)15(9)22/h4-5,7,22H,2-3,8H2,1H3/b20-7+. The van der Waals surface area contributed by atoms with Gasteiger partial charge in [0.2, 0.25) is 0 Å². The third kappa shape index (κ3) is 3.29. The van der Waals surface area contributed by atoms with Crippen molar-refractivity contribution in [3.8, 4) is 11.8 Å². The van der Waals surface area contributed by atoms with Crippen LogP contribution in [0.3, 0.4) is 0 Å². The van der Waals surface area contributed by atoms with Crippen molar-refractivity contribution in [2.24, 2.45) is 4.99 Å². The molecule has 0 atom stereocenters. The Labute approximate surface area is 151 Å². The minimum Gasteiger partial charge on any atom is -0.506 e. The third-order valence-electron chi connectivity index (χ3n) is 3.72. The Morgan fingerprint density at radius 2 is 2.30 bits per heavy atom. The Hall–Kier alpha value is -1.39. The summed E-state index contributed by atoms with van der Waals surface area (Å²) in [7, 11) is 2.07. The van der Waals surface area contributed by atoms with Crippen molar-refractivity contribution in [1.29, 1.82) is 5.26 Å². The maximum atomic E-state index is 10.0. The van der Waals surface area contributed by atoms with Gasteiger partial charge < -0.3 is 10.0 Å². The molecule has 23 heavy (non-hydrogen) atoms. The average Bonchev–Trinajstić information content (AvgIpc) is 2.85. The van der Waals surface area contributed by atoms with E-state index in [0.29, 0.717) is 16.1 Å². The minimum atomic E-state index is -0.0156. The van der Waals surface area contributed by atoms with E-state index in [0.717, 1.165) is 29.5 Å². The molecule has 0 radical (unpaired) electrons. The monoisotopic (exact) mass is 409 g/mol. The zero-order valence-corrected chi connectivity index (χ0v) is 15.5. The molecular weight excluding hydrogens is 398 g/mol. The van der Waals surface area contributed by atoms with Crippen LogP contribution in [0.4, 0.5) is 5.00 Å². The van der Waals surface area contributed by atoms with Gasteiger partial charge in [0.15, 0.2) is 0 Å². The molecule has 1 aliphatic heterocycles. The van der Waals surface area contributed by atoms with Crippen molar-refractivity contribution in [3.63, 3.8) is 0 Å². The molecule has 1 aromatic heterocycles. The fraction of sp³-hybridized carbons (Fsp3) is 0.250. The van der Waals surface area contributed by atoms with Crippen LogP contribution in [-0.2, 0) is 13.0 Å². The highest BCUT2D eigenvalue weighted by Gasteiger charge is 2.22. The van der Waals surface area contributed by atoms with Gasteiger partial charge in [0.05, 0.1) is 10.6 Å². The highest BCUT2D eigenvalue weighted by Crippen LogP contribution is 2.38. The topological polar surface area (TPSA) is 59.6 Å². The Morgan fingerprint density at radius 3 is 3.04 bits per heavy atom. The number of hydrogen-bond acceptors (Lipinski definition) is 5. The van der Waals surface area contributed by atoms with Gasteiger partial charge in [-0.25, -0.2) is 4.99 Å². The maximum absolute atomic E-state index is 10.0. The molecule has 1 aromatic carbocycles. The number of aliphatic imine (C=N–C) groups is 1. The van der Waals surface area contributed by atoms with Crippen molar-refractivity contribution < 1.29 is 5.11 Å². The van der Waals surface area contributed by atoms with Crippen LogP contribution in [0.1, 0.15) is 21.6 Å². The second kappa shape index (κ2) is 6.62. The molecule has 7 heteroatoms. The van der Waals surface area contributed by atoms with Crippen molar-refractivity contribution in [3.05, 3.63) is 43.2 Å². The summed E-state index contributed by atoms with van der Waals surface area (Å²) in [5.74, 6) is -0.0156. The SMILES string of the molecule is CN1CCc2c(sc(/N=C/c3cc(Br)cc(Cl)c3O)c2C#N)C1. The summed E-state index contributed by atoms with van der Waals surface area (Å²) in [6.07, 6.45) is 2.42. The molecule has 118 valence electrons. The number of halogens is 2. The zero-order valence-electron chi connectivity index (χ0n) is 12.3. The first-order valence-corrected chi connectivity index (χ1v) is 8.93. The number of likely N-dealkylation sites (N-methyl/N-ethyl adjacent to an activating group) is 1. The number of nitriles is 1. The van der Waals surface area contributed by atoms with Gasteiger partial charge in [-0.05, 0) is 31.2 Å². The number of phenolic OH excluding ortho intramolecular Hbond substituents is 1. The third-order valence-corrected chi connectivity index (χ3v) is 5.59. The van der Waals surface area contributed by atoms with Gasteiger partial charge in [0, 0.05) is 34.2 Å². The molecule has 2 heterocycles. The van der Waals surface area contributed by atoms with Crippen LogP contribution >= 0.6 is 38.9 Å². The molecule has 0 saturated heterocycles. The first-order valence-electron chi connectivity index (χ1n) is 6.95. The molecule has 0 aliphatic carbocycles. The molecule has 1 N–H and O–H groups in total. The molecule has 0 unspecified atom stereocenters. The predicted octanol–water partition coefficient (Wildman–Crippen LogP) is 4.48. The van der Waals surface area contributed by atoms with E-state index in [4.69, 9.17) is 11.6 Å². The average molecular weight is 411 g/mol. The summed E-state index contributed by atoms with van der Waals surface area (Å²) < 4.78 is 0.759. The number of nitrogens with zero attached hydrogens (tertiary/aromatic N) is 3. The van der Waals surface area contributed by atoms with Crippen LogP contribution in [0.2, 0.25) is 5.02 Å². The summed E-state index contributed by atoms with van der Waals surface area (Å²) in [6, 6.07) is 5.63. The molecule has 0 bridgehead atoms. The quantitative estimate of drug-likeness (QED) is 0.743. The molecule has 0 amide bonds. The minimum absolute atomic E-state index is 0.0156. The van der Waals surface area contributed by atoms with Gasteiger partial charge in [0.25, 0.3) is 0 Å². The number of thiophene rings is 1. The summed E-state index contributed by atoms with van der Waals surface area (Å²) in [5, 5.41) is 20.4. The normalized spacial score (nSPS) is 14.9. The summed E-state index contributed by atoms with van der Waals surface area (Å²) in [6.45, 7) is 1.79. The lowest BCUT2D eigenvalue weighted by molar-refractivity contribution is 0.317. The summed E-state index contributed by atoms with van der Waals surface area (Å²) in [5.41, 5.74) is 2.27. The Balaban J connectivity index is 2.00. The number of rotatable bonds is 2. The largest absolute Gasteiger partial charge is 0.506 e. The lowest BCUT2D eigenvalue weighted by Crippen LogP contribution is -2.25. The highest BCUT2D eigenvalue weighted by atomic mass is 79.9. The fourth-order valence-electron chi connectivity index (χ4n) is 2.54. The van der Waals surface area contributed by atoms with E-state index in [1.165, 1.54) is 16.2 Å². The van der Waals surface area contributed by atoms with E-state index in [1.54, 1.807) is 18.3 Å². The van der Waals surface area contributed by atoms with E-state index < -0.39 is 0 Å². The van der Waals surface area contributed by atoms with Crippen LogP contribution in [-0.4, -0.2) is 29.8 Å². The number of fused-ring (bicyclic) bond motifs is 1. The van der Waals surface area contributed by atoms with Gasteiger partial charge >= 0.3 is 0 Å². The number of benzene rings is 1. The summed E-state index contributed by atoms with van der Waals surface area (Å²) in [4.78, 5) is 7.86. The summed E-state index contributed by atoms with van der Waals surface area (Å²) >= 11 is 10.8. The van der Waals surface area contributed by atoms with Crippen LogP contribution in [0.25, 0.3) is 0 Å². The second-order valence-corrected chi connectivity index (χ2v) is 7.77. The molecular formula is C16H13BrClN3OS. The van der Waals surface area contributed by atoms with Gasteiger partial charge in [-0.3, -0.25) is 0 Å². The van der Waals surface area contributed by atoms with Gasteiger partial charge in [-0.2, -0.15) is 5.26 Å². The maximum Gasteiger partial charge on any atom is 0.143 e. The van der Waals surface area contributed by atoms with E-state index in [1.807, 2.05) is 0 Å². The predicted molar refractivity (Wildman–Crippen MR) is 97.1 cm³/mol. The molecule has 1 aliphatic rings. The van der Waals surface area contributed by atoms with Gasteiger partial charge in [-0.15, -0.1) is 11.3 Å². The van der Waals surface area contributed by atoms with Crippen molar-refractivity contribution >= 4 is 50.1 Å². The van der Waals surface area contributed by atoms with Crippen LogP contribution in [0.5, 0.6) is 5.75 Å². The zero-order chi connectivity index (χ0) is 16.6. The Morgan fingerprint density at radius 1 is 1.52 bits per heavy atom. The molecule has 0 spiro atoms. The lowest BCUT2D eigenvalue weighted by Gasteiger charge is -2.21. The smallest absolute Gasteiger partial charge is 0.143 e. The van der Waals surface area contributed by atoms with Crippen molar-refractivity contribution in [2.45, 2.75) is 13.0 Å². The van der Waals surface area contributed by atoms with Gasteiger partial charge in [0.1, 0.15) is 16.8 Å². The Kier molecular flexibility index (Phi) is 4.74. The number of hydrogen-bond donors (Lipinski definition) is 1. The molecule has 4 nitrogen and oxygen atoms in total. The number of phenols is 1. The molecule has 3 rings (SSSR count). The van der Waals surface area contributed by atoms with Crippen LogP contribution in [0.15, 0.2) is 21.6 Å². The highest BCUT2D eigenvalue weighted by molar-refractivity contribution is 9.10. The fourth-order valence-corrected chi connectivity index (χ4v) is 4.59. The first kappa shape index (κ1) is 16.5. The van der Waals surface area contributed by atoms with Crippen LogP contribution in [0, 0.1) is 11.3 Å². The van der Waals surface area contributed by atoms with E-state index in [-0.39, 0.29) is 10.8 Å². The lowest BCUT2D eigenvalue weighted by atomic mass is 10.0. The number of aromatic hydroxyl groups is 1. The van der Waals surface area contributed by atoms with Gasteiger partial charge in [-0.1, -0.05) is 27.5 Å². The van der Waals surface area contributed by atoms with E-state index >= 15 is 0 Å². The molecule has 0 fully saturated rings.